The van der Waals surface area contributed by atoms with E-state index in [9.17, 15) is 19.5 Å². The number of carbonyl (C=O) groups is 3. The summed E-state index contributed by atoms with van der Waals surface area (Å²) >= 11 is 0. The van der Waals surface area contributed by atoms with E-state index in [1.807, 2.05) is 13.8 Å². The van der Waals surface area contributed by atoms with Crippen LogP contribution in [0, 0.1) is 5.92 Å². The second kappa shape index (κ2) is 9.88. The van der Waals surface area contributed by atoms with E-state index in [1.165, 1.54) is 0 Å². The van der Waals surface area contributed by atoms with Crippen molar-refractivity contribution in [3.8, 4) is 0 Å². The van der Waals surface area contributed by atoms with Gasteiger partial charge in [-0.1, -0.05) is 19.1 Å². The zero-order valence-corrected chi connectivity index (χ0v) is 20.7. The fraction of sp³-hybridized carbons (Fsp3) is 0.577. The molecule has 186 valence electrons. The summed E-state index contributed by atoms with van der Waals surface area (Å²) in [5.41, 5.74) is -0.265. The van der Waals surface area contributed by atoms with Crippen LogP contribution < -0.4 is 0 Å². The van der Waals surface area contributed by atoms with Crippen molar-refractivity contribution in [2.75, 3.05) is 13.2 Å². The molecule has 1 saturated heterocycles. The molecule has 4 atom stereocenters. The Hall–Kier alpha value is -2.71. The summed E-state index contributed by atoms with van der Waals surface area (Å²) in [5.74, 6) is -1.71. The Morgan fingerprint density at radius 3 is 2.44 bits per heavy atom. The first-order chi connectivity index (χ1) is 16.0. The Balaban J connectivity index is 2.11. The van der Waals surface area contributed by atoms with Crippen molar-refractivity contribution in [1.82, 2.24) is 0 Å². The smallest absolute Gasteiger partial charge is 0.343 e. The summed E-state index contributed by atoms with van der Waals surface area (Å²) in [6.45, 7) is 10.0. The van der Waals surface area contributed by atoms with Gasteiger partial charge in [0.25, 0.3) is 0 Å². The highest BCUT2D eigenvalue weighted by atomic mass is 16.6. The Bertz CT molecular complexity index is 1000. The minimum Gasteiger partial charge on any atom is -0.457 e. The number of aliphatic hydroxyl groups is 1. The summed E-state index contributed by atoms with van der Waals surface area (Å²) in [5, 5.41) is 10.3. The van der Waals surface area contributed by atoms with E-state index in [0.717, 1.165) is 0 Å². The first-order valence-electron chi connectivity index (χ1n) is 11.6. The summed E-state index contributed by atoms with van der Waals surface area (Å²) in [7, 11) is 0. The topological polar surface area (TPSA) is 108 Å². The molecule has 0 radical (unpaired) electrons. The fourth-order valence-corrected chi connectivity index (χ4v) is 4.56. The number of carbonyl (C=O) groups excluding carboxylic acids is 3. The molecule has 0 aromatic rings. The molecule has 3 aliphatic heterocycles. The molecule has 3 heterocycles. The van der Waals surface area contributed by atoms with Crippen LogP contribution in [0.5, 0.6) is 0 Å². The third-order valence-electron chi connectivity index (χ3n) is 7.12. The van der Waals surface area contributed by atoms with E-state index in [-0.39, 0.29) is 36.9 Å². The van der Waals surface area contributed by atoms with Crippen LogP contribution in [0.2, 0.25) is 0 Å². The number of esters is 3. The van der Waals surface area contributed by atoms with Gasteiger partial charge < -0.3 is 24.1 Å². The zero-order chi connectivity index (χ0) is 25.3. The van der Waals surface area contributed by atoms with E-state index >= 15 is 0 Å². The molecule has 0 aromatic carbocycles. The Labute approximate surface area is 200 Å². The number of rotatable bonds is 6. The molecular formula is C26H34O8. The van der Waals surface area contributed by atoms with Gasteiger partial charge in [-0.2, -0.15) is 0 Å². The minimum atomic E-state index is -0.860. The highest BCUT2D eigenvalue weighted by molar-refractivity contribution is 5.96. The van der Waals surface area contributed by atoms with Gasteiger partial charge in [-0.3, -0.25) is 0 Å². The SMILES string of the molecule is C/C=C(\C)C(=O)OCC1=C2/C(=C\C3(C)CCC(CO)(O3)[C@H](C)C[C@@H]2OC(=O)/C(C)=C/C)OC1=O. The number of hydrogen-bond donors (Lipinski definition) is 1. The zero-order valence-electron chi connectivity index (χ0n) is 20.7. The van der Waals surface area contributed by atoms with Crippen molar-refractivity contribution in [3.63, 3.8) is 0 Å². The second-order valence-corrected chi connectivity index (χ2v) is 9.48. The number of aliphatic hydroxyl groups excluding tert-OH is 1. The molecule has 34 heavy (non-hydrogen) atoms. The quantitative estimate of drug-likeness (QED) is 0.354. The maximum absolute atomic E-state index is 12.9. The van der Waals surface area contributed by atoms with Gasteiger partial charge in [-0.05, 0) is 65.9 Å². The minimum absolute atomic E-state index is 0.131. The maximum atomic E-state index is 12.9. The standard InChI is InChI=1S/C26H34O8/c1-7-15(3)22(28)31-13-18-21-19(32-23(29)16(4)8-2)11-17(5)26(14-27)10-9-25(6,34-26)12-20(21)33-24(18)30/h7-8,12,17,19,27H,9-11,13-14H2,1-6H3/b15-7+,16-8+,20-12+/t17-,19+,25?,26?/m1/s1. The average molecular weight is 475 g/mol. The molecule has 1 fully saturated rings. The van der Waals surface area contributed by atoms with Gasteiger partial charge in [0.2, 0.25) is 0 Å². The van der Waals surface area contributed by atoms with Gasteiger partial charge in [-0.15, -0.1) is 0 Å². The first-order valence-corrected chi connectivity index (χ1v) is 11.6. The largest absolute Gasteiger partial charge is 0.457 e. The molecular weight excluding hydrogens is 440 g/mol. The van der Waals surface area contributed by atoms with Crippen LogP contribution in [0.3, 0.4) is 0 Å². The second-order valence-electron chi connectivity index (χ2n) is 9.48. The van der Waals surface area contributed by atoms with Gasteiger partial charge in [-0.25, -0.2) is 14.4 Å². The molecule has 2 bridgehead atoms. The predicted molar refractivity (Wildman–Crippen MR) is 123 cm³/mol. The van der Waals surface area contributed by atoms with E-state index in [4.69, 9.17) is 18.9 Å². The van der Waals surface area contributed by atoms with Crippen LogP contribution in [0.25, 0.3) is 0 Å². The third-order valence-corrected chi connectivity index (χ3v) is 7.12. The summed E-state index contributed by atoms with van der Waals surface area (Å²) in [6, 6.07) is 0. The number of hydrogen-bond acceptors (Lipinski definition) is 8. The highest BCUT2D eigenvalue weighted by Crippen LogP contribution is 2.48. The van der Waals surface area contributed by atoms with E-state index in [2.05, 4.69) is 0 Å². The Morgan fingerprint density at radius 1 is 1.18 bits per heavy atom. The van der Waals surface area contributed by atoms with Gasteiger partial charge in [0.15, 0.2) is 0 Å². The van der Waals surface area contributed by atoms with Crippen molar-refractivity contribution in [3.05, 3.63) is 46.3 Å². The number of allylic oxidation sites excluding steroid dienone is 2. The van der Waals surface area contributed by atoms with Crippen molar-refractivity contribution >= 4 is 17.9 Å². The Morgan fingerprint density at radius 2 is 1.82 bits per heavy atom. The number of ether oxygens (including phenoxy) is 4. The van der Waals surface area contributed by atoms with Crippen molar-refractivity contribution in [1.29, 1.82) is 0 Å². The highest BCUT2D eigenvalue weighted by Gasteiger charge is 2.52. The van der Waals surface area contributed by atoms with E-state index < -0.39 is 35.2 Å². The molecule has 0 aliphatic carbocycles. The van der Waals surface area contributed by atoms with Crippen LogP contribution in [-0.4, -0.2) is 53.5 Å². The lowest BCUT2D eigenvalue weighted by Crippen LogP contribution is -2.43. The lowest BCUT2D eigenvalue weighted by molar-refractivity contribution is -0.149. The predicted octanol–water partition coefficient (Wildman–Crippen LogP) is 3.45. The molecule has 1 N–H and O–H groups in total. The summed E-state index contributed by atoms with van der Waals surface area (Å²) in [6.07, 6.45) is 5.64. The molecule has 3 aliphatic rings. The third kappa shape index (κ3) is 4.88. The van der Waals surface area contributed by atoms with Crippen LogP contribution in [0.1, 0.15) is 60.8 Å². The van der Waals surface area contributed by atoms with Crippen molar-refractivity contribution in [2.45, 2.75) is 78.1 Å². The molecule has 8 heteroatoms. The maximum Gasteiger partial charge on any atom is 0.343 e. The van der Waals surface area contributed by atoms with Gasteiger partial charge >= 0.3 is 17.9 Å². The molecule has 0 aromatic heterocycles. The van der Waals surface area contributed by atoms with Crippen molar-refractivity contribution in [2.24, 2.45) is 5.92 Å². The van der Waals surface area contributed by atoms with Gasteiger partial charge in [0, 0.05) is 16.7 Å². The van der Waals surface area contributed by atoms with E-state index in [0.29, 0.717) is 29.6 Å². The summed E-state index contributed by atoms with van der Waals surface area (Å²) < 4.78 is 23.2. The van der Waals surface area contributed by atoms with E-state index in [1.54, 1.807) is 45.9 Å². The summed E-state index contributed by atoms with van der Waals surface area (Å²) in [4.78, 5) is 37.9. The lowest BCUT2D eigenvalue weighted by Gasteiger charge is -2.36. The molecule has 0 saturated carbocycles. The molecule has 0 amide bonds. The molecule has 2 unspecified atom stereocenters. The normalized spacial score (nSPS) is 33.3. The van der Waals surface area contributed by atoms with Crippen LogP contribution in [0.15, 0.2) is 46.3 Å². The lowest BCUT2D eigenvalue weighted by atomic mass is 9.80. The first kappa shape index (κ1) is 25.9. The van der Waals surface area contributed by atoms with Crippen LogP contribution in [0.4, 0.5) is 0 Å². The van der Waals surface area contributed by atoms with Gasteiger partial charge in [0.05, 0.1) is 23.4 Å². The number of fused-ring (bicyclic) bond motifs is 3. The van der Waals surface area contributed by atoms with Crippen LogP contribution >= 0.6 is 0 Å². The monoisotopic (exact) mass is 474 g/mol. The van der Waals surface area contributed by atoms with Crippen molar-refractivity contribution < 1.29 is 38.4 Å². The molecule has 8 nitrogen and oxygen atoms in total. The molecule has 3 rings (SSSR count). The van der Waals surface area contributed by atoms with Gasteiger partial charge in [0.1, 0.15) is 18.5 Å². The fourth-order valence-electron chi connectivity index (χ4n) is 4.56. The Kier molecular flexibility index (Phi) is 7.53. The average Bonchev–Trinajstić information content (AvgIpc) is 3.32. The van der Waals surface area contributed by atoms with Crippen LogP contribution in [-0.2, 0) is 33.3 Å². The molecule has 0 spiro atoms.